The van der Waals surface area contributed by atoms with E-state index in [1.165, 1.54) is 18.2 Å². The maximum atomic E-state index is 10.9. The van der Waals surface area contributed by atoms with Crippen molar-refractivity contribution in [3.8, 4) is 0 Å². The van der Waals surface area contributed by atoms with E-state index in [-0.39, 0.29) is 24.2 Å². The standard InChI is InChI=1S/C10H10O5/c11-5-4-6-2-1-3-7(9(12)13)8(6)10(14)15/h1-3,11H,4-5H2,(H,12,13)(H,14,15). The monoisotopic (exact) mass is 210 g/mol. The molecule has 1 aromatic rings. The first-order valence-corrected chi connectivity index (χ1v) is 4.27. The maximum Gasteiger partial charge on any atom is 0.336 e. The van der Waals surface area contributed by atoms with Crippen LogP contribution in [0.25, 0.3) is 0 Å². The highest BCUT2D eigenvalue weighted by atomic mass is 16.4. The lowest BCUT2D eigenvalue weighted by Gasteiger charge is -2.07. The Morgan fingerprint density at radius 1 is 1.13 bits per heavy atom. The number of carboxylic acids is 2. The van der Waals surface area contributed by atoms with Gasteiger partial charge in [0.15, 0.2) is 0 Å². The second-order valence-corrected chi connectivity index (χ2v) is 2.92. The van der Waals surface area contributed by atoms with E-state index in [0.717, 1.165) is 0 Å². The zero-order chi connectivity index (χ0) is 11.4. The van der Waals surface area contributed by atoms with Gasteiger partial charge in [-0.2, -0.15) is 0 Å². The van der Waals surface area contributed by atoms with E-state index in [1.807, 2.05) is 0 Å². The van der Waals surface area contributed by atoms with Crippen LogP contribution in [-0.2, 0) is 6.42 Å². The number of hydrogen-bond acceptors (Lipinski definition) is 3. The fraction of sp³-hybridized carbons (Fsp3) is 0.200. The number of aliphatic hydroxyl groups is 1. The predicted octanol–water partition coefficient (Wildman–Crippen LogP) is 0.618. The molecule has 1 aromatic carbocycles. The van der Waals surface area contributed by atoms with Gasteiger partial charge in [0.2, 0.25) is 0 Å². The van der Waals surface area contributed by atoms with Crippen LogP contribution in [0.5, 0.6) is 0 Å². The molecule has 0 aromatic heterocycles. The molecule has 0 unspecified atom stereocenters. The number of aliphatic hydroxyl groups excluding tert-OH is 1. The van der Waals surface area contributed by atoms with Crippen LogP contribution in [-0.4, -0.2) is 33.9 Å². The minimum Gasteiger partial charge on any atom is -0.478 e. The molecular weight excluding hydrogens is 200 g/mol. The van der Waals surface area contributed by atoms with Crippen LogP contribution >= 0.6 is 0 Å². The Bertz CT molecular complexity index is 397. The molecule has 0 aliphatic rings. The maximum absolute atomic E-state index is 10.9. The number of rotatable bonds is 4. The first kappa shape index (κ1) is 11.2. The summed E-state index contributed by atoms with van der Waals surface area (Å²) in [7, 11) is 0. The lowest BCUT2D eigenvalue weighted by molar-refractivity contribution is 0.0650. The van der Waals surface area contributed by atoms with Crippen molar-refractivity contribution in [3.05, 3.63) is 34.9 Å². The number of aromatic carboxylic acids is 2. The van der Waals surface area contributed by atoms with E-state index in [4.69, 9.17) is 15.3 Å². The van der Waals surface area contributed by atoms with Crippen molar-refractivity contribution in [1.82, 2.24) is 0 Å². The minimum atomic E-state index is -1.29. The number of carbonyl (C=O) groups is 2. The molecule has 5 nitrogen and oxygen atoms in total. The second-order valence-electron chi connectivity index (χ2n) is 2.92. The molecule has 0 saturated carbocycles. The number of hydrogen-bond donors (Lipinski definition) is 3. The Hall–Kier alpha value is -1.88. The Morgan fingerprint density at radius 2 is 1.80 bits per heavy atom. The fourth-order valence-electron chi connectivity index (χ4n) is 1.36. The predicted molar refractivity (Wildman–Crippen MR) is 51.2 cm³/mol. The second kappa shape index (κ2) is 4.56. The molecule has 0 aliphatic heterocycles. The van der Waals surface area contributed by atoms with E-state index in [0.29, 0.717) is 5.56 Å². The third-order valence-electron chi connectivity index (χ3n) is 1.98. The first-order valence-electron chi connectivity index (χ1n) is 4.27. The number of carboxylic acid groups (broad SMARTS) is 2. The molecule has 0 bridgehead atoms. The lowest BCUT2D eigenvalue weighted by Crippen LogP contribution is -2.12. The van der Waals surface area contributed by atoms with Gasteiger partial charge in [0.1, 0.15) is 0 Å². The van der Waals surface area contributed by atoms with Crippen LogP contribution in [0.2, 0.25) is 0 Å². The van der Waals surface area contributed by atoms with Gasteiger partial charge in [-0.1, -0.05) is 12.1 Å². The average Bonchev–Trinajstić information content (AvgIpc) is 2.17. The molecule has 1 rings (SSSR count). The third kappa shape index (κ3) is 2.32. The molecule has 15 heavy (non-hydrogen) atoms. The van der Waals surface area contributed by atoms with E-state index >= 15 is 0 Å². The van der Waals surface area contributed by atoms with Crippen LogP contribution in [0, 0.1) is 0 Å². The van der Waals surface area contributed by atoms with Crippen LogP contribution in [0.4, 0.5) is 0 Å². The molecule has 0 radical (unpaired) electrons. The third-order valence-corrected chi connectivity index (χ3v) is 1.98. The quantitative estimate of drug-likeness (QED) is 0.677. The highest BCUT2D eigenvalue weighted by molar-refractivity contribution is 6.02. The van der Waals surface area contributed by atoms with Crippen molar-refractivity contribution in [2.75, 3.05) is 6.61 Å². The molecule has 3 N–H and O–H groups in total. The molecule has 5 heteroatoms. The van der Waals surface area contributed by atoms with Crippen LogP contribution in [0.3, 0.4) is 0 Å². The summed E-state index contributed by atoms with van der Waals surface area (Å²) in [4.78, 5) is 21.6. The Balaban J connectivity index is 3.34. The SMILES string of the molecule is O=C(O)c1cccc(CCO)c1C(=O)O. The van der Waals surface area contributed by atoms with Gasteiger partial charge in [-0.05, 0) is 18.1 Å². The summed E-state index contributed by atoms with van der Waals surface area (Å²) in [6.45, 7) is -0.219. The smallest absolute Gasteiger partial charge is 0.336 e. The number of benzene rings is 1. The van der Waals surface area contributed by atoms with Crippen molar-refractivity contribution < 1.29 is 24.9 Å². The highest BCUT2D eigenvalue weighted by Gasteiger charge is 2.19. The molecule has 0 fully saturated rings. The summed E-state index contributed by atoms with van der Waals surface area (Å²) >= 11 is 0. The molecule has 80 valence electrons. The summed E-state index contributed by atoms with van der Waals surface area (Å²) in [5.74, 6) is -2.58. The summed E-state index contributed by atoms with van der Waals surface area (Å²) in [6, 6.07) is 4.18. The van der Waals surface area contributed by atoms with Crippen molar-refractivity contribution in [1.29, 1.82) is 0 Å². The summed E-state index contributed by atoms with van der Waals surface area (Å²) in [5.41, 5.74) is -0.183. The first-order chi connectivity index (χ1) is 7.07. The Labute approximate surface area is 85.6 Å². The zero-order valence-corrected chi connectivity index (χ0v) is 7.80. The molecule has 0 saturated heterocycles. The fourth-order valence-corrected chi connectivity index (χ4v) is 1.36. The zero-order valence-electron chi connectivity index (χ0n) is 7.80. The van der Waals surface area contributed by atoms with Gasteiger partial charge in [0.05, 0.1) is 11.1 Å². The average molecular weight is 210 g/mol. The van der Waals surface area contributed by atoms with Gasteiger partial charge in [0.25, 0.3) is 0 Å². The van der Waals surface area contributed by atoms with Crippen molar-refractivity contribution >= 4 is 11.9 Å². The van der Waals surface area contributed by atoms with Gasteiger partial charge in [-0.25, -0.2) is 9.59 Å². The highest BCUT2D eigenvalue weighted by Crippen LogP contribution is 2.15. The van der Waals surface area contributed by atoms with Gasteiger partial charge in [-0.3, -0.25) is 0 Å². The molecule has 0 aliphatic carbocycles. The van der Waals surface area contributed by atoms with Crippen molar-refractivity contribution in [2.45, 2.75) is 6.42 Å². The van der Waals surface area contributed by atoms with Crippen LogP contribution < -0.4 is 0 Å². The van der Waals surface area contributed by atoms with Gasteiger partial charge >= 0.3 is 11.9 Å². The Morgan fingerprint density at radius 3 is 2.27 bits per heavy atom. The van der Waals surface area contributed by atoms with Crippen molar-refractivity contribution in [3.63, 3.8) is 0 Å². The van der Waals surface area contributed by atoms with Gasteiger partial charge < -0.3 is 15.3 Å². The van der Waals surface area contributed by atoms with E-state index in [2.05, 4.69) is 0 Å². The van der Waals surface area contributed by atoms with Gasteiger partial charge in [-0.15, -0.1) is 0 Å². The molecule has 0 amide bonds. The topological polar surface area (TPSA) is 94.8 Å². The molecule has 0 spiro atoms. The Kier molecular flexibility index (Phi) is 3.41. The summed E-state index contributed by atoms with van der Waals surface area (Å²) < 4.78 is 0. The lowest BCUT2D eigenvalue weighted by atomic mass is 9.99. The summed E-state index contributed by atoms with van der Waals surface area (Å²) in [5, 5.41) is 26.4. The largest absolute Gasteiger partial charge is 0.478 e. The van der Waals surface area contributed by atoms with Crippen LogP contribution in [0.1, 0.15) is 26.3 Å². The normalized spacial score (nSPS) is 9.93. The van der Waals surface area contributed by atoms with Crippen molar-refractivity contribution in [2.24, 2.45) is 0 Å². The molecule has 0 atom stereocenters. The van der Waals surface area contributed by atoms with Crippen LogP contribution in [0.15, 0.2) is 18.2 Å². The van der Waals surface area contributed by atoms with Gasteiger partial charge in [0, 0.05) is 6.61 Å². The van der Waals surface area contributed by atoms with E-state index in [9.17, 15) is 9.59 Å². The van der Waals surface area contributed by atoms with E-state index < -0.39 is 11.9 Å². The molecule has 0 heterocycles. The minimum absolute atomic E-state index is 0.128. The van der Waals surface area contributed by atoms with E-state index in [1.54, 1.807) is 0 Å². The molecular formula is C10H10O5. The summed E-state index contributed by atoms with van der Waals surface area (Å²) in [6.07, 6.45) is 0.128.